The van der Waals surface area contributed by atoms with Gasteiger partial charge in [0.1, 0.15) is 5.82 Å². The number of nitrogens with one attached hydrogen (secondary N) is 1. The summed E-state index contributed by atoms with van der Waals surface area (Å²) in [6.07, 6.45) is 16.6. The summed E-state index contributed by atoms with van der Waals surface area (Å²) in [5.74, 6) is 3.98. The minimum Gasteiger partial charge on any atom is -0.349 e. The zero-order chi connectivity index (χ0) is 27.3. The quantitative estimate of drug-likeness (QED) is 0.296. The van der Waals surface area contributed by atoms with E-state index >= 15 is 0 Å². The molecule has 202 valence electrons. The van der Waals surface area contributed by atoms with Gasteiger partial charge >= 0.3 is 0 Å². The Bertz CT molecular complexity index is 877. The van der Waals surface area contributed by atoms with E-state index in [1.165, 1.54) is 66.4 Å². The fourth-order valence-corrected chi connectivity index (χ4v) is 4.38. The number of rotatable bonds is 7. The van der Waals surface area contributed by atoms with Crippen molar-refractivity contribution in [2.45, 2.75) is 113 Å². The van der Waals surface area contributed by atoms with Crippen LogP contribution in [0, 0.1) is 17.8 Å². The second-order valence-corrected chi connectivity index (χ2v) is 11.6. The summed E-state index contributed by atoms with van der Waals surface area (Å²) in [4.78, 5) is 0. The second-order valence-electron chi connectivity index (χ2n) is 11.6. The van der Waals surface area contributed by atoms with Crippen molar-refractivity contribution < 1.29 is 0 Å². The molecule has 2 heteroatoms. The normalized spacial score (nSPS) is 18.4. The number of hydrogen-bond donors (Lipinski definition) is 1. The van der Waals surface area contributed by atoms with Gasteiger partial charge in [0.15, 0.2) is 0 Å². The molecule has 1 heterocycles. The first-order valence-electron chi connectivity index (χ1n) is 14.2. The Hall–Kier alpha value is -2.22. The Labute approximate surface area is 224 Å². The number of allylic oxidation sites excluding steroid dienone is 6. The smallest absolute Gasteiger partial charge is 0.110 e. The SMILES string of the molecule is C=CC1CC1.C=CNc1cccn1C1CCC(C)=C(C(C(=C)C)=C(C)C)C1.CC(C)C.CCC1CC1. The second kappa shape index (κ2) is 16.5. The van der Waals surface area contributed by atoms with E-state index in [1.807, 2.05) is 6.08 Å². The topological polar surface area (TPSA) is 17.0 Å². The van der Waals surface area contributed by atoms with Crippen LogP contribution in [-0.2, 0) is 0 Å². The molecule has 4 rings (SSSR count). The van der Waals surface area contributed by atoms with Crippen LogP contribution in [0.4, 0.5) is 5.82 Å². The molecule has 0 saturated heterocycles. The number of aromatic nitrogens is 1. The maximum Gasteiger partial charge on any atom is 0.110 e. The molecule has 1 unspecified atom stereocenters. The largest absolute Gasteiger partial charge is 0.349 e. The van der Waals surface area contributed by atoms with Crippen LogP contribution in [0.25, 0.3) is 0 Å². The van der Waals surface area contributed by atoms with E-state index in [1.54, 1.807) is 6.20 Å². The Kier molecular flexibility index (Phi) is 14.6. The van der Waals surface area contributed by atoms with Gasteiger partial charge in [0.2, 0.25) is 0 Å². The average Bonchev–Trinajstić information content (AvgIpc) is 3.74. The van der Waals surface area contributed by atoms with E-state index < -0.39 is 0 Å². The highest BCUT2D eigenvalue weighted by Gasteiger charge is 2.24. The fourth-order valence-electron chi connectivity index (χ4n) is 4.38. The first-order valence-corrected chi connectivity index (χ1v) is 14.2. The fraction of sp³-hybridized carbons (Fsp3) is 0.588. The summed E-state index contributed by atoms with van der Waals surface area (Å²) >= 11 is 0. The molecule has 2 fully saturated rings. The lowest BCUT2D eigenvalue weighted by Gasteiger charge is -2.30. The van der Waals surface area contributed by atoms with Crippen molar-refractivity contribution in [2.24, 2.45) is 17.8 Å². The lowest BCUT2D eigenvalue weighted by molar-refractivity contribution is 0.447. The highest BCUT2D eigenvalue weighted by Crippen LogP contribution is 2.40. The van der Waals surface area contributed by atoms with Gasteiger partial charge in [0.05, 0.1) is 0 Å². The molecule has 0 aliphatic heterocycles. The average molecular weight is 493 g/mol. The van der Waals surface area contributed by atoms with Crippen LogP contribution in [0.2, 0.25) is 0 Å². The first kappa shape index (κ1) is 31.8. The predicted molar refractivity (Wildman–Crippen MR) is 163 cm³/mol. The van der Waals surface area contributed by atoms with Crippen LogP contribution in [0.15, 0.2) is 78.2 Å². The monoisotopic (exact) mass is 492 g/mol. The Balaban J connectivity index is 0.000000371. The summed E-state index contributed by atoms with van der Waals surface area (Å²) < 4.78 is 2.34. The summed E-state index contributed by atoms with van der Waals surface area (Å²) in [5, 5.41) is 3.24. The minimum absolute atomic E-state index is 0.491. The molecule has 2 nitrogen and oxygen atoms in total. The molecule has 1 N–H and O–H groups in total. The van der Waals surface area contributed by atoms with Crippen LogP contribution >= 0.6 is 0 Å². The van der Waals surface area contributed by atoms with Crippen LogP contribution < -0.4 is 5.32 Å². The molecule has 0 amide bonds. The van der Waals surface area contributed by atoms with E-state index in [9.17, 15) is 0 Å². The molecule has 0 spiro atoms. The van der Waals surface area contributed by atoms with Gasteiger partial charge < -0.3 is 9.88 Å². The molecule has 0 bridgehead atoms. The Morgan fingerprint density at radius 3 is 2.06 bits per heavy atom. The highest BCUT2D eigenvalue weighted by molar-refractivity contribution is 5.50. The maximum atomic E-state index is 4.20. The summed E-state index contributed by atoms with van der Waals surface area (Å²) in [5.41, 5.74) is 6.90. The molecule has 0 aromatic carbocycles. The molecular formula is C34H56N2. The maximum absolute atomic E-state index is 4.20. The van der Waals surface area contributed by atoms with Gasteiger partial charge in [-0.05, 0) is 107 Å². The lowest BCUT2D eigenvalue weighted by Crippen LogP contribution is -2.17. The molecule has 1 aromatic rings. The lowest BCUT2D eigenvalue weighted by atomic mass is 9.81. The molecule has 0 radical (unpaired) electrons. The van der Waals surface area contributed by atoms with E-state index in [2.05, 4.69) is 103 Å². The van der Waals surface area contributed by atoms with Gasteiger partial charge in [0.25, 0.3) is 0 Å². The van der Waals surface area contributed by atoms with Gasteiger partial charge in [-0.25, -0.2) is 0 Å². The van der Waals surface area contributed by atoms with E-state index in [-0.39, 0.29) is 0 Å². The molecule has 2 saturated carbocycles. The zero-order valence-corrected chi connectivity index (χ0v) is 24.9. The number of nitrogens with zero attached hydrogens (tertiary/aromatic N) is 1. The van der Waals surface area contributed by atoms with Crippen LogP contribution in [-0.4, -0.2) is 4.57 Å². The van der Waals surface area contributed by atoms with Gasteiger partial charge in [-0.15, -0.1) is 6.58 Å². The number of anilines is 1. The zero-order valence-electron chi connectivity index (χ0n) is 24.9. The molecule has 36 heavy (non-hydrogen) atoms. The molecule has 3 aliphatic rings. The minimum atomic E-state index is 0.491. The van der Waals surface area contributed by atoms with Crippen molar-refractivity contribution in [1.29, 1.82) is 0 Å². The Morgan fingerprint density at radius 1 is 1.08 bits per heavy atom. The third kappa shape index (κ3) is 12.2. The highest BCUT2D eigenvalue weighted by atomic mass is 15.1. The van der Waals surface area contributed by atoms with Crippen molar-refractivity contribution >= 4 is 5.82 Å². The van der Waals surface area contributed by atoms with Gasteiger partial charge in [-0.2, -0.15) is 0 Å². The number of hydrogen-bond acceptors (Lipinski definition) is 1. The summed E-state index contributed by atoms with van der Waals surface area (Å²) in [6.45, 7) is 29.1. The summed E-state index contributed by atoms with van der Waals surface area (Å²) in [6, 6.07) is 4.69. The third-order valence-electron chi connectivity index (χ3n) is 6.69. The van der Waals surface area contributed by atoms with Gasteiger partial charge in [-0.3, -0.25) is 0 Å². The summed E-state index contributed by atoms with van der Waals surface area (Å²) in [7, 11) is 0. The third-order valence-corrected chi connectivity index (χ3v) is 6.69. The van der Waals surface area contributed by atoms with E-state index in [4.69, 9.17) is 0 Å². The van der Waals surface area contributed by atoms with Gasteiger partial charge in [0, 0.05) is 12.2 Å². The molecule has 1 atom stereocenters. The van der Waals surface area contributed by atoms with Crippen molar-refractivity contribution in [1.82, 2.24) is 4.57 Å². The van der Waals surface area contributed by atoms with Crippen molar-refractivity contribution in [3.63, 3.8) is 0 Å². The van der Waals surface area contributed by atoms with E-state index in [0.29, 0.717) is 6.04 Å². The van der Waals surface area contributed by atoms with Crippen LogP contribution in [0.5, 0.6) is 0 Å². The Morgan fingerprint density at radius 2 is 1.69 bits per heavy atom. The standard InChI is InChI=1S/C20H28N2.C5H10.C5H8.C4H10/c1-7-21-19-9-8-12-22(19)17-11-10-16(6)18(13-17)20(14(2)3)15(4)5;2*1-2-5-3-4-5;1-4(2)3/h7-9,12,17,21H,1-2,10-11,13H2,3-6H3;5H,2-4H2,1H3;2,5H,1,3-4H2;4H,1-3H3. The van der Waals surface area contributed by atoms with Gasteiger partial charge in [-0.1, -0.05) is 82.9 Å². The van der Waals surface area contributed by atoms with Crippen LogP contribution in [0.1, 0.15) is 113 Å². The van der Waals surface area contributed by atoms with E-state index in [0.717, 1.165) is 36.4 Å². The van der Waals surface area contributed by atoms with Crippen molar-refractivity contribution in [3.8, 4) is 0 Å². The predicted octanol–water partition coefficient (Wildman–Crippen LogP) is 11.0. The first-order chi connectivity index (χ1) is 17.0. The molecular weight excluding hydrogens is 436 g/mol. The van der Waals surface area contributed by atoms with Crippen molar-refractivity contribution in [2.75, 3.05) is 5.32 Å². The van der Waals surface area contributed by atoms with Crippen LogP contribution in [0.3, 0.4) is 0 Å². The van der Waals surface area contributed by atoms with Crippen molar-refractivity contribution in [3.05, 3.63) is 78.2 Å². The molecule has 3 aliphatic carbocycles. The molecule has 1 aromatic heterocycles.